The predicted octanol–water partition coefficient (Wildman–Crippen LogP) is 22.8. The van der Waals surface area contributed by atoms with Crippen molar-refractivity contribution in [3.8, 4) is 0 Å². The molecule has 0 aliphatic heterocycles. The molecular formula is C61H116O4S4. The SMILES string of the molecule is CCCCCCCCCCCCCCC(=S)OCC(C)(C)C(OC(=S)CCCCCCCCCCCC)(OC(=S)CCCCCCCCCCCC)OC(=S)CCCCCCCCCCCCCC. The lowest BCUT2D eigenvalue weighted by Crippen LogP contribution is -2.56. The highest BCUT2D eigenvalue weighted by Gasteiger charge is 2.56. The summed E-state index contributed by atoms with van der Waals surface area (Å²) in [7, 11) is 0. The van der Waals surface area contributed by atoms with Crippen LogP contribution in [-0.4, -0.2) is 32.8 Å². The Hall–Kier alpha value is -0.440. The predicted molar refractivity (Wildman–Crippen MR) is 320 cm³/mol. The molecule has 0 aromatic carbocycles. The summed E-state index contributed by atoms with van der Waals surface area (Å²) in [4.78, 5) is 0. The van der Waals surface area contributed by atoms with Crippen molar-refractivity contribution >= 4 is 69.1 Å². The molecule has 0 amide bonds. The van der Waals surface area contributed by atoms with Crippen molar-refractivity contribution in [2.24, 2.45) is 5.41 Å². The molecule has 0 aromatic heterocycles. The zero-order valence-corrected chi connectivity index (χ0v) is 50.2. The van der Waals surface area contributed by atoms with Crippen LogP contribution in [0, 0.1) is 5.41 Å². The van der Waals surface area contributed by atoms with E-state index in [1.54, 1.807) is 0 Å². The molecule has 69 heavy (non-hydrogen) atoms. The highest BCUT2D eigenvalue weighted by Crippen LogP contribution is 2.40. The quantitative estimate of drug-likeness (QED) is 0.0339. The summed E-state index contributed by atoms with van der Waals surface area (Å²) in [5, 5.41) is 2.08. The average Bonchev–Trinajstić information content (AvgIpc) is 3.32. The second kappa shape index (κ2) is 51.1. The Bertz CT molecular complexity index is 1140. The molecule has 0 bridgehead atoms. The Labute approximate surface area is 453 Å². The molecule has 0 rings (SSSR count). The summed E-state index contributed by atoms with van der Waals surface area (Å²) in [6, 6.07) is 0. The normalized spacial score (nSPS) is 11.8. The Morgan fingerprint density at radius 3 is 0.638 bits per heavy atom. The van der Waals surface area contributed by atoms with Gasteiger partial charge in [-0.3, -0.25) is 0 Å². The third-order valence-corrected chi connectivity index (χ3v) is 15.3. The maximum Gasteiger partial charge on any atom is 0.427 e. The number of ether oxygens (including phenoxy) is 4. The average molecular weight is 1040 g/mol. The van der Waals surface area contributed by atoms with Crippen LogP contribution in [0.2, 0.25) is 0 Å². The first kappa shape index (κ1) is 68.6. The first-order valence-corrected chi connectivity index (χ1v) is 32.0. The lowest BCUT2D eigenvalue weighted by Gasteiger charge is -2.44. The number of thiocarbonyl (C=S) groups is 4. The van der Waals surface area contributed by atoms with Gasteiger partial charge in [0.2, 0.25) is 0 Å². The standard InChI is InChI=1S/C61H116O4S4/c1-7-11-15-19-23-27-31-33-37-39-43-47-51-56(66)62-55-60(5,6)61(63-57(67)52-48-44-40-35-29-25-21-17-13-9-3,64-58(68)53-49-45-41-36-30-26-22-18-14-10-4)65-59(69)54-50-46-42-38-34-32-28-24-20-16-12-8-2/h7-55H2,1-6H3. The number of rotatable bonds is 54. The van der Waals surface area contributed by atoms with E-state index < -0.39 is 11.4 Å². The minimum Gasteiger partial charge on any atom is -0.486 e. The van der Waals surface area contributed by atoms with Crippen LogP contribution in [0.1, 0.15) is 350 Å². The van der Waals surface area contributed by atoms with Crippen LogP contribution in [0.4, 0.5) is 0 Å². The molecule has 0 aliphatic carbocycles. The van der Waals surface area contributed by atoms with E-state index in [2.05, 4.69) is 41.5 Å². The topological polar surface area (TPSA) is 36.9 Å². The second-order valence-electron chi connectivity index (χ2n) is 21.7. The third-order valence-electron chi connectivity index (χ3n) is 14.1. The Balaban J connectivity index is 5.72. The molecule has 408 valence electrons. The van der Waals surface area contributed by atoms with Crippen molar-refractivity contribution in [1.82, 2.24) is 0 Å². The van der Waals surface area contributed by atoms with Gasteiger partial charge >= 0.3 is 5.97 Å². The summed E-state index contributed by atoms with van der Waals surface area (Å²) in [5.74, 6) is -1.65. The molecule has 0 saturated heterocycles. The minimum absolute atomic E-state index is 0.243. The van der Waals surface area contributed by atoms with E-state index in [1.807, 2.05) is 0 Å². The van der Waals surface area contributed by atoms with Crippen molar-refractivity contribution in [1.29, 1.82) is 0 Å². The second-order valence-corrected chi connectivity index (χ2v) is 23.5. The zero-order chi connectivity index (χ0) is 50.8. The van der Waals surface area contributed by atoms with E-state index >= 15 is 0 Å². The highest BCUT2D eigenvalue weighted by atomic mass is 32.1. The largest absolute Gasteiger partial charge is 0.486 e. The van der Waals surface area contributed by atoms with Gasteiger partial charge in [-0.2, -0.15) is 0 Å². The van der Waals surface area contributed by atoms with Gasteiger partial charge in [0.1, 0.15) is 12.0 Å². The summed E-state index contributed by atoms with van der Waals surface area (Å²) < 4.78 is 26.9. The van der Waals surface area contributed by atoms with Crippen LogP contribution in [-0.2, 0) is 18.9 Å². The summed E-state index contributed by atoms with van der Waals surface area (Å²) in [6.45, 7) is 13.5. The van der Waals surface area contributed by atoms with E-state index in [9.17, 15) is 0 Å². The van der Waals surface area contributed by atoms with Crippen LogP contribution in [0.5, 0.6) is 0 Å². The first-order chi connectivity index (χ1) is 33.6. The van der Waals surface area contributed by atoms with Gasteiger partial charge < -0.3 is 18.9 Å². The Morgan fingerprint density at radius 2 is 0.435 bits per heavy atom. The molecule has 0 radical (unpaired) electrons. The zero-order valence-electron chi connectivity index (χ0n) is 46.9. The van der Waals surface area contributed by atoms with Crippen LogP contribution in [0.15, 0.2) is 0 Å². The molecule has 0 fully saturated rings. The fourth-order valence-corrected chi connectivity index (χ4v) is 10.2. The maximum absolute atomic E-state index is 6.84. The summed E-state index contributed by atoms with van der Waals surface area (Å²) in [6.07, 6.45) is 59.3. The fourth-order valence-electron chi connectivity index (χ4n) is 9.24. The van der Waals surface area contributed by atoms with Gasteiger partial charge in [-0.1, -0.05) is 285 Å². The van der Waals surface area contributed by atoms with Gasteiger partial charge in [-0.05, 0) is 88.4 Å². The Kier molecular flexibility index (Phi) is 50.7. The molecule has 0 heterocycles. The molecular weight excluding hydrogens is 925 g/mol. The molecule has 0 saturated carbocycles. The maximum atomic E-state index is 6.84. The van der Waals surface area contributed by atoms with Gasteiger partial charge in [0.15, 0.2) is 20.2 Å². The van der Waals surface area contributed by atoms with Crippen molar-refractivity contribution in [3.63, 3.8) is 0 Å². The molecule has 4 nitrogen and oxygen atoms in total. The highest BCUT2D eigenvalue weighted by molar-refractivity contribution is 7.80. The van der Waals surface area contributed by atoms with E-state index in [-0.39, 0.29) is 6.61 Å². The monoisotopic (exact) mass is 1040 g/mol. The van der Waals surface area contributed by atoms with E-state index in [4.69, 9.17) is 67.8 Å². The molecule has 0 aliphatic rings. The molecule has 0 spiro atoms. The number of unbranched alkanes of at least 4 members (excludes halogenated alkanes) is 40. The molecule has 0 unspecified atom stereocenters. The Morgan fingerprint density at radius 1 is 0.261 bits per heavy atom. The lowest BCUT2D eigenvalue weighted by atomic mass is 9.90. The molecule has 0 N–H and O–H groups in total. The minimum atomic E-state index is -1.65. The molecule has 0 aromatic rings. The smallest absolute Gasteiger partial charge is 0.427 e. The number of hydrogen-bond acceptors (Lipinski definition) is 8. The van der Waals surface area contributed by atoms with Gasteiger partial charge in [-0.15, -0.1) is 0 Å². The van der Waals surface area contributed by atoms with Crippen LogP contribution in [0.3, 0.4) is 0 Å². The van der Waals surface area contributed by atoms with Crippen molar-refractivity contribution in [2.75, 3.05) is 6.61 Å². The van der Waals surface area contributed by atoms with Crippen molar-refractivity contribution < 1.29 is 18.9 Å². The first-order valence-electron chi connectivity index (χ1n) is 30.4. The summed E-state index contributed by atoms with van der Waals surface area (Å²) >= 11 is 24.0. The van der Waals surface area contributed by atoms with E-state index in [0.717, 1.165) is 51.4 Å². The lowest BCUT2D eigenvalue weighted by molar-refractivity contribution is -0.339. The van der Waals surface area contributed by atoms with E-state index in [0.29, 0.717) is 39.5 Å². The van der Waals surface area contributed by atoms with Crippen molar-refractivity contribution in [3.05, 3.63) is 0 Å². The summed E-state index contributed by atoms with van der Waals surface area (Å²) in [5.41, 5.74) is -0.849. The van der Waals surface area contributed by atoms with Gasteiger partial charge in [0.25, 0.3) is 0 Å². The van der Waals surface area contributed by atoms with Gasteiger partial charge in [-0.25, -0.2) is 0 Å². The third kappa shape index (κ3) is 43.7. The molecule has 8 heteroatoms. The van der Waals surface area contributed by atoms with E-state index in [1.165, 1.54) is 238 Å². The van der Waals surface area contributed by atoms with Gasteiger partial charge in [0.05, 0.1) is 0 Å². The van der Waals surface area contributed by atoms with Crippen molar-refractivity contribution in [2.45, 2.75) is 356 Å². The fraction of sp³-hybridized carbons (Fsp3) is 0.934. The van der Waals surface area contributed by atoms with Gasteiger partial charge in [0, 0.05) is 25.7 Å². The van der Waals surface area contributed by atoms with Crippen LogP contribution < -0.4 is 0 Å². The number of hydrogen-bond donors (Lipinski definition) is 0. The van der Waals surface area contributed by atoms with Crippen LogP contribution >= 0.6 is 48.9 Å². The van der Waals surface area contributed by atoms with Crippen LogP contribution in [0.25, 0.3) is 0 Å². The molecule has 0 atom stereocenters.